The highest BCUT2D eigenvalue weighted by molar-refractivity contribution is 5.87. The molecule has 1 heterocycles. The van der Waals surface area contributed by atoms with Crippen molar-refractivity contribution in [3.05, 3.63) is 0 Å². The van der Waals surface area contributed by atoms with Crippen molar-refractivity contribution in [3.63, 3.8) is 0 Å². The number of carboxylic acid groups (broad SMARTS) is 1. The third-order valence-electron chi connectivity index (χ3n) is 3.41. The van der Waals surface area contributed by atoms with E-state index in [9.17, 15) is 9.59 Å². The van der Waals surface area contributed by atoms with Crippen molar-refractivity contribution in [2.75, 3.05) is 20.1 Å². The molecule has 0 unspecified atom stereocenters. The molecule has 0 aromatic rings. The lowest BCUT2D eigenvalue weighted by atomic mass is 10.1. The maximum Gasteiger partial charge on any atom is 0.326 e. The molecule has 6 nitrogen and oxygen atoms in total. The van der Waals surface area contributed by atoms with Crippen molar-refractivity contribution >= 4 is 11.9 Å². The third-order valence-corrected chi connectivity index (χ3v) is 3.41. The minimum Gasteiger partial charge on any atom is -0.480 e. The van der Waals surface area contributed by atoms with Crippen LogP contribution in [0.15, 0.2) is 0 Å². The first kappa shape index (κ1) is 14.9. The lowest BCUT2D eigenvalue weighted by Crippen LogP contribution is -2.49. The highest BCUT2D eigenvalue weighted by Gasteiger charge is 2.36. The number of carbonyl (C=O) groups is 2. The molecule has 104 valence electrons. The highest BCUT2D eigenvalue weighted by atomic mass is 16.4. The Balaban J connectivity index is 2.57. The summed E-state index contributed by atoms with van der Waals surface area (Å²) in [5.74, 6) is -1.00. The Morgan fingerprint density at radius 1 is 1.50 bits per heavy atom. The van der Waals surface area contributed by atoms with E-state index in [4.69, 9.17) is 10.8 Å². The average Bonchev–Trinajstić information content (AvgIpc) is 2.83. The molecule has 0 aliphatic carbocycles. The zero-order valence-corrected chi connectivity index (χ0v) is 10.9. The maximum atomic E-state index is 12.3. The molecular formula is C12H23N3O3. The number of nitrogens with one attached hydrogen (secondary N) is 1. The first-order chi connectivity index (χ1) is 8.61. The number of unbranched alkanes of at least 4 members (excludes halogenated alkanes) is 1. The van der Waals surface area contributed by atoms with Crippen LogP contribution in [0.1, 0.15) is 32.1 Å². The van der Waals surface area contributed by atoms with E-state index >= 15 is 0 Å². The van der Waals surface area contributed by atoms with Crippen molar-refractivity contribution in [2.24, 2.45) is 5.73 Å². The third kappa shape index (κ3) is 3.68. The topological polar surface area (TPSA) is 95.7 Å². The average molecular weight is 257 g/mol. The lowest BCUT2D eigenvalue weighted by molar-refractivity contribution is -0.149. The summed E-state index contributed by atoms with van der Waals surface area (Å²) in [6.07, 6.45) is 3.78. The molecule has 1 amide bonds. The van der Waals surface area contributed by atoms with Crippen molar-refractivity contribution in [1.82, 2.24) is 10.2 Å². The predicted molar refractivity (Wildman–Crippen MR) is 68.1 cm³/mol. The van der Waals surface area contributed by atoms with Crippen molar-refractivity contribution in [2.45, 2.75) is 44.2 Å². The van der Waals surface area contributed by atoms with E-state index < -0.39 is 12.0 Å². The SMILES string of the molecule is CN[C@@H](CCCCN)C(=O)N1CCC[C@H]1C(=O)O. The number of nitrogens with zero attached hydrogens (tertiary/aromatic N) is 1. The number of amides is 1. The van der Waals surface area contributed by atoms with Gasteiger partial charge in [0.1, 0.15) is 6.04 Å². The molecule has 0 bridgehead atoms. The number of likely N-dealkylation sites (N-methyl/N-ethyl adjacent to an activating group) is 1. The smallest absolute Gasteiger partial charge is 0.326 e. The van der Waals surface area contributed by atoms with Gasteiger partial charge in [0.15, 0.2) is 0 Å². The van der Waals surface area contributed by atoms with Crippen LogP contribution in [0.2, 0.25) is 0 Å². The quantitative estimate of drug-likeness (QED) is 0.548. The van der Waals surface area contributed by atoms with Crippen LogP contribution >= 0.6 is 0 Å². The largest absolute Gasteiger partial charge is 0.480 e. The summed E-state index contributed by atoms with van der Waals surface area (Å²) in [5, 5.41) is 12.0. The van der Waals surface area contributed by atoms with Gasteiger partial charge in [-0.25, -0.2) is 4.79 Å². The summed E-state index contributed by atoms with van der Waals surface area (Å²) in [6.45, 7) is 1.16. The summed E-state index contributed by atoms with van der Waals surface area (Å²) in [5.41, 5.74) is 5.42. The fourth-order valence-electron chi connectivity index (χ4n) is 2.37. The number of hydrogen-bond acceptors (Lipinski definition) is 4. The Kier molecular flexibility index (Phi) is 6.07. The number of nitrogens with two attached hydrogens (primary N) is 1. The van der Waals surface area contributed by atoms with Crippen LogP contribution in [0, 0.1) is 0 Å². The Labute approximate surface area is 108 Å². The fraction of sp³-hybridized carbons (Fsp3) is 0.833. The minimum atomic E-state index is -0.905. The zero-order chi connectivity index (χ0) is 13.5. The molecule has 0 radical (unpaired) electrons. The zero-order valence-electron chi connectivity index (χ0n) is 10.9. The van der Waals surface area contributed by atoms with Crippen LogP contribution in [0.4, 0.5) is 0 Å². The highest BCUT2D eigenvalue weighted by Crippen LogP contribution is 2.19. The molecule has 4 N–H and O–H groups in total. The fourth-order valence-corrected chi connectivity index (χ4v) is 2.37. The van der Waals surface area contributed by atoms with E-state index in [0.717, 1.165) is 19.3 Å². The number of hydrogen-bond donors (Lipinski definition) is 3. The van der Waals surface area contributed by atoms with Crippen LogP contribution in [-0.4, -0.2) is 54.1 Å². The van der Waals surface area contributed by atoms with Crippen molar-refractivity contribution < 1.29 is 14.7 Å². The van der Waals surface area contributed by atoms with Gasteiger partial charge in [0.2, 0.25) is 5.91 Å². The van der Waals surface area contributed by atoms with Gasteiger partial charge in [-0.2, -0.15) is 0 Å². The lowest BCUT2D eigenvalue weighted by Gasteiger charge is -2.26. The second-order valence-electron chi connectivity index (χ2n) is 4.65. The number of carboxylic acids is 1. The molecule has 1 fully saturated rings. The monoisotopic (exact) mass is 257 g/mol. The van der Waals surface area contributed by atoms with Gasteiger partial charge in [0, 0.05) is 6.54 Å². The van der Waals surface area contributed by atoms with Gasteiger partial charge in [-0.1, -0.05) is 6.42 Å². The second kappa shape index (κ2) is 7.33. The molecule has 2 atom stereocenters. The first-order valence-corrected chi connectivity index (χ1v) is 6.52. The van der Waals surface area contributed by atoms with Crippen LogP contribution in [-0.2, 0) is 9.59 Å². The Hall–Kier alpha value is -1.14. The van der Waals surface area contributed by atoms with E-state index in [1.807, 2.05) is 0 Å². The maximum absolute atomic E-state index is 12.3. The van der Waals surface area contributed by atoms with Crippen molar-refractivity contribution in [3.8, 4) is 0 Å². The molecule has 0 aromatic carbocycles. The molecule has 0 aromatic heterocycles. The minimum absolute atomic E-state index is 0.0978. The molecule has 1 aliphatic rings. The predicted octanol–water partition coefficient (Wildman–Crippen LogP) is -0.221. The van der Waals surface area contributed by atoms with Gasteiger partial charge in [-0.05, 0) is 39.3 Å². The van der Waals surface area contributed by atoms with Crippen LogP contribution in [0.5, 0.6) is 0 Å². The number of aliphatic carboxylic acids is 1. The Morgan fingerprint density at radius 2 is 2.22 bits per heavy atom. The first-order valence-electron chi connectivity index (χ1n) is 6.52. The number of carbonyl (C=O) groups excluding carboxylic acids is 1. The molecule has 1 rings (SSSR count). The summed E-state index contributed by atoms with van der Waals surface area (Å²) >= 11 is 0. The Morgan fingerprint density at radius 3 is 2.78 bits per heavy atom. The summed E-state index contributed by atoms with van der Waals surface area (Å²) in [7, 11) is 1.73. The van der Waals surface area contributed by atoms with Gasteiger partial charge in [-0.3, -0.25) is 4.79 Å². The van der Waals surface area contributed by atoms with E-state index in [2.05, 4.69) is 5.32 Å². The molecule has 18 heavy (non-hydrogen) atoms. The molecule has 6 heteroatoms. The van der Waals surface area contributed by atoms with Crippen LogP contribution in [0.25, 0.3) is 0 Å². The molecule has 1 aliphatic heterocycles. The van der Waals surface area contributed by atoms with Gasteiger partial charge < -0.3 is 21.1 Å². The number of rotatable bonds is 7. The van der Waals surface area contributed by atoms with Crippen molar-refractivity contribution in [1.29, 1.82) is 0 Å². The van der Waals surface area contributed by atoms with Gasteiger partial charge >= 0.3 is 5.97 Å². The molecular weight excluding hydrogens is 234 g/mol. The Bertz CT molecular complexity index is 296. The van der Waals surface area contributed by atoms with Crippen LogP contribution in [0.3, 0.4) is 0 Å². The summed E-state index contributed by atoms with van der Waals surface area (Å²) < 4.78 is 0. The van der Waals surface area contributed by atoms with E-state index in [-0.39, 0.29) is 11.9 Å². The number of likely N-dealkylation sites (tertiary alicyclic amines) is 1. The summed E-state index contributed by atoms with van der Waals surface area (Å²) in [6, 6.07) is -0.945. The van der Waals surface area contributed by atoms with Gasteiger partial charge in [0.05, 0.1) is 6.04 Å². The summed E-state index contributed by atoms with van der Waals surface area (Å²) in [4.78, 5) is 24.8. The van der Waals surface area contributed by atoms with Gasteiger partial charge in [-0.15, -0.1) is 0 Å². The molecule has 1 saturated heterocycles. The standard InChI is InChI=1S/C12H23N3O3/c1-14-9(5-2-3-7-13)11(16)15-8-4-6-10(15)12(17)18/h9-10,14H,2-8,13H2,1H3,(H,17,18)/t9-,10-/m0/s1. The second-order valence-corrected chi connectivity index (χ2v) is 4.65. The van der Waals surface area contributed by atoms with E-state index in [1.165, 1.54) is 4.90 Å². The van der Waals surface area contributed by atoms with Crippen LogP contribution < -0.4 is 11.1 Å². The van der Waals surface area contributed by atoms with E-state index in [0.29, 0.717) is 25.9 Å². The van der Waals surface area contributed by atoms with Gasteiger partial charge in [0.25, 0.3) is 0 Å². The molecule has 0 spiro atoms. The molecule has 0 saturated carbocycles. The van der Waals surface area contributed by atoms with E-state index in [1.54, 1.807) is 7.05 Å². The normalized spacial score (nSPS) is 21.0.